The summed E-state index contributed by atoms with van der Waals surface area (Å²) in [6.07, 6.45) is 1.11. The van der Waals surface area contributed by atoms with Gasteiger partial charge in [0.2, 0.25) is 9.84 Å². The zero-order valence-electron chi connectivity index (χ0n) is 21.7. The summed E-state index contributed by atoms with van der Waals surface area (Å²) in [6, 6.07) is 19.9. The molecule has 3 aromatic heterocycles. The first-order valence-corrected chi connectivity index (χ1v) is 13.8. The number of rotatable bonds is 6. The average molecular weight is 582 g/mol. The number of aromatic nitrogens is 3. The molecule has 2 N–H and O–H groups in total. The number of benzene rings is 3. The van der Waals surface area contributed by atoms with Gasteiger partial charge in [-0.3, -0.25) is 10.1 Å². The van der Waals surface area contributed by atoms with Crippen LogP contribution in [-0.4, -0.2) is 27.9 Å². The number of nitrogens with two attached hydrogens (primary N) is 1. The molecule has 6 rings (SSSR count). The van der Waals surface area contributed by atoms with Crippen LogP contribution in [-0.2, 0) is 9.84 Å². The van der Waals surface area contributed by atoms with Crippen molar-refractivity contribution in [2.24, 2.45) is 10.2 Å². The van der Waals surface area contributed by atoms with Crippen LogP contribution in [0.15, 0.2) is 114 Å². The minimum absolute atomic E-state index is 0.000867. The number of fused-ring (bicyclic) bond motifs is 2. The molecule has 0 aliphatic carbocycles. The van der Waals surface area contributed by atoms with Crippen LogP contribution in [0, 0.1) is 17.0 Å². The Bertz CT molecular complexity index is 2220. The van der Waals surface area contributed by atoms with Crippen molar-refractivity contribution in [1.29, 1.82) is 0 Å². The Morgan fingerprint density at radius 3 is 2.43 bits per heavy atom. The van der Waals surface area contributed by atoms with Crippen molar-refractivity contribution in [3.63, 3.8) is 0 Å². The maximum absolute atomic E-state index is 13.9. The van der Waals surface area contributed by atoms with E-state index in [2.05, 4.69) is 20.3 Å². The standard InChI is InChI=1S/C28H19N7O6S/c1-16-6-12-20(13-7-16)42(39,40)23-15-30-27-24(32-31-18-8-10-19(11-9-18)35(37)38)26(29)33-34(27)25(23)21-14-17-4-2-3-5-22(17)41-28(21)36/h2-15H,1H3,(H2,29,33). The van der Waals surface area contributed by atoms with Crippen molar-refractivity contribution in [3.8, 4) is 11.3 Å². The lowest BCUT2D eigenvalue weighted by Gasteiger charge is -2.12. The van der Waals surface area contributed by atoms with Crippen LogP contribution in [0.3, 0.4) is 0 Å². The molecule has 0 aliphatic rings. The zero-order chi connectivity index (χ0) is 29.6. The lowest BCUT2D eigenvalue weighted by molar-refractivity contribution is -0.384. The summed E-state index contributed by atoms with van der Waals surface area (Å²) in [4.78, 5) is 27.7. The van der Waals surface area contributed by atoms with E-state index in [1.807, 2.05) is 6.92 Å². The molecule has 0 atom stereocenters. The van der Waals surface area contributed by atoms with Crippen molar-refractivity contribution in [3.05, 3.63) is 111 Å². The van der Waals surface area contributed by atoms with Gasteiger partial charge in [0.15, 0.2) is 17.2 Å². The fourth-order valence-corrected chi connectivity index (χ4v) is 5.72. The van der Waals surface area contributed by atoms with Gasteiger partial charge in [-0.25, -0.2) is 22.7 Å². The summed E-state index contributed by atoms with van der Waals surface area (Å²) in [5, 5.41) is 24.0. The number of nitro benzene ring substituents is 1. The molecule has 3 aromatic carbocycles. The Labute approximate surface area is 236 Å². The summed E-state index contributed by atoms with van der Waals surface area (Å²) < 4.78 is 34.4. The van der Waals surface area contributed by atoms with Crippen molar-refractivity contribution in [1.82, 2.24) is 14.6 Å². The number of nitrogens with zero attached hydrogens (tertiary/aromatic N) is 6. The van der Waals surface area contributed by atoms with Crippen LogP contribution in [0.4, 0.5) is 22.9 Å². The molecule has 42 heavy (non-hydrogen) atoms. The normalized spacial score (nSPS) is 11.9. The van der Waals surface area contributed by atoms with E-state index in [9.17, 15) is 23.3 Å². The molecule has 3 heterocycles. The number of nitro groups is 1. The van der Waals surface area contributed by atoms with Gasteiger partial charge in [0, 0.05) is 17.5 Å². The predicted molar refractivity (Wildman–Crippen MR) is 153 cm³/mol. The van der Waals surface area contributed by atoms with E-state index >= 15 is 0 Å². The van der Waals surface area contributed by atoms with Gasteiger partial charge >= 0.3 is 5.63 Å². The van der Waals surface area contributed by atoms with E-state index in [1.165, 1.54) is 42.5 Å². The second kappa shape index (κ2) is 10.0. The number of hydrogen-bond donors (Lipinski definition) is 1. The molecule has 6 aromatic rings. The molecule has 0 unspecified atom stereocenters. The highest BCUT2D eigenvalue weighted by Gasteiger charge is 2.29. The van der Waals surface area contributed by atoms with E-state index in [0.717, 1.165) is 16.3 Å². The first-order valence-electron chi connectivity index (χ1n) is 12.3. The van der Waals surface area contributed by atoms with E-state index in [-0.39, 0.29) is 49.6 Å². The molecule has 208 valence electrons. The highest BCUT2D eigenvalue weighted by molar-refractivity contribution is 7.91. The van der Waals surface area contributed by atoms with Crippen molar-refractivity contribution in [2.45, 2.75) is 16.7 Å². The molecule has 0 radical (unpaired) electrons. The second-order valence-corrected chi connectivity index (χ2v) is 11.1. The first kappa shape index (κ1) is 26.5. The lowest BCUT2D eigenvalue weighted by atomic mass is 10.1. The third-order valence-corrected chi connectivity index (χ3v) is 8.23. The van der Waals surface area contributed by atoms with Gasteiger partial charge in [0.1, 0.15) is 16.2 Å². The summed E-state index contributed by atoms with van der Waals surface area (Å²) in [5.74, 6) is -0.149. The van der Waals surface area contributed by atoms with Crippen LogP contribution < -0.4 is 11.4 Å². The first-order chi connectivity index (χ1) is 20.1. The summed E-state index contributed by atoms with van der Waals surface area (Å²) in [5.41, 5.74) is 6.53. The van der Waals surface area contributed by atoms with Gasteiger partial charge in [0.05, 0.1) is 27.3 Å². The maximum atomic E-state index is 13.9. The highest BCUT2D eigenvalue weighted by Crippen LogP contribution is 2.36. The number of anilines is 1. The number of nitrogen functional groups attached to an aromatic ring is 1. The van der Waals surface area contributed by atoms with Crippen LogP contribution in [0.1, 0.15) is 5.56 Å². The molecule has 14 heteroatoms. The molecule has 0 saturated heterocycles. The Hall–Kier alpha value is -5.76. The van der Waals surface area contributed by atoms with E-state index in [0.29, 0.717) is 11.0 Å². The summed E-state index contributed by atoms with van der Waals surface area (Å²) in [7, 11) is -4.22. The van der Waals surface area contributed by atoms with Gasteiger partial charge in [-0.15, -0.1) is 10.2 Å². The fraction of sp³-hybridized carbons (Fsp3) is 0.0357. The molecule has 13 nitrogen and oxygen atoms in total. The van der Waals surface area contributed by atoms with Gasteiger partial charge in [-0.2, -0.15) is 5.11 Å². The molecule has 0 fully saturated rings. The zero-order valence-corrected chi connectivity index (χ0v) is 22.5. The monoisotopic (exact) mass is 581 g/mol. The summed E-state index contributed by atoms with van der Waals surface area (Å²) >= 11 is 0. The van der Waals surface area contributed by atoms with Gasteiger partial charge in [-0.1, -0.05) is 35.9 Å². The molecular formula is C28H19N7O6S. The number of azo groups is 1. The molecule has 0 aliphatic heterocycles. The lowest BCUT2D eigenvalue weighted by Crippen LogP contribution is -2.13. The molecule has 0 bridgehead atoms. The van der Waals surface area contributed by atoms with Gasteiger partial charge in [0.25, 0.3) is 5.69 Å². The second-order valence-electron chi connectivity index (χ2n) is 9.22. The maximum Gasteiger partial charge on any atom is 0.345 e. The number of hydrogen-bond acceptors (Lipinski definition) is 11. The average Bonchev–Trinajstić information content (AvgIpc) is 3.30. The molecule has 0 saturated carbocycles. The Balaban J connectivity index is 1.60. The predicted octanol–water partition coefficient (Wildman–Crippen LogP) is 5.55. The number of aryl methyl sites for hydroxylation is 1. The van der Waals surface area contributed by atoms with Crippen molar-refractivity contribution < 1.29 is 17.8 Å². The topological polar surface area (TPSA) is 188 Å². The molecule has 0 spiro atoms. The molecular weight excluding hydrogens is 562 g/mol. The largest absolute Gasteiger partial charge is 0.422 e. The van der Waals surface area contributed by atoms with E-state index < -0.39 is 20.4 Å². The number of sulfone groups is 1. The van der Waals surface area contributed by atoms with Crippen LogP contribution in [0.5, 0.6) is 0 Å². The van der Waals surface area contributed by atoms with Crippen molar-refractivity contribution >= 4 is 49.3 Å². The minimum Gasteiger partial charge on any atom is -0.422 e. The smallest absolute Gasteiger partial charge is 0.345 e. The van der Waals surface area contributed by atoms with E-state index in [1.54, 1.807) is 36.4 Å². The van der Waals surface area contributed by atoms with Crippen molar-refractivity contribution in [2.75, 3.05) is 5.73 Å². The van der Waals surface area contributed by atoms with Gasteiger partial charge < -0.3 is 10.2 Å². The van der Waals surface area contributed by atoms with Crippen LogP contribution in [0.25, 0.3) is 27.9 Å². The Morgan fingerprint density at radius 2 is 1.71 bits per heavy atom. The SMILES string of the molecule is Cc1ccc(S(=O)(=O)c2cnc3c(N=Nc4ccc([N+](=O)[O-])cc4)c(N)nn3c2-c2cc3ccccc3oc2=O)cc1. The van der Waals surface area contributed by atoms with E-state index in [4.69, 9.17) is 10.2 Å². The minimum atomic E-state index is -4.22. The summed E-state index contributed by atoms with van der Waals surface area (Å²) in [6.45, 7) is 1.83. The van der Waals surface area contributed by atoms with Crippen LogP contribution >= 0.6 is 0 Å². The number of para-hydroxylation sites is 1. The van der Waals surface area contributed by atoms with Crippen LogP contribution in [0.2, 0.25) is 0 Å². The highest BCUT2D eigenvalue weighted by atomic mass is 32.2. The van der Waals surface area contributed by atoms with Gasteiger partial charge in [-0.05, 0) is 43.3 Å². The Morgan fingerprint density at radius 1 is 1.00 bits per heavy atom. The number of non-ortho nitro benzene ring substituents is 1. The fourth-order valence-electron chi connectivity index (χ4n) is 4.33. The third kappa shape index (κ3) is 4.54. The molecule has 0 amide bonds. The quantitative estimate of drug-likeness (QED) is 0.114. The Kier molecular flexibility index (Phi) is 6.31. The third-order valence-electron chi connectivity index (χ3n) is 6.46.